The Bertz CT molecular complexity index is 567. The Morgan fingerprint density at radius 3 is 2.62 bits per heavy atom. The molecule has 1 atom stereocenters. The standard InChI is InChI=1S/C15H22ClN5/c1-11(2)9-17-10-12(8-15-18-20-21(3)19-15)13-6-4-5-7-14(13)16/h4-7,11-12,17H,8-10H2,1-3H3. The van der Waals surface area contributed by atoms with Gasteiger partial charge in [-0.15, -0.1) is 10.2 Å². The van der Waals surface area contributed by atoms with E-state index in [1.54, 1.807) is 7.05 Å². The van der Waals surface area contributed by atoms with Crippen molar-refractivity contribution in [2.24, 2.45) is 13.0 Å². The highest BCUT2D eigenvalue weighted by molar-refractivity contribution is 6.31. The van der Waals surface area contributed by atoms with E-state index in [2.05, 4.69) is 40.6 Å². The molecule has 1 unspecified atom stereocenters. The lowest BCUT2D eigenvalue weighted by molar-refractivity contribution is 0.509. The van der Waals surface area contributed by atoms with Crippen molar-refractivity contribution in [2.45, 2.75) is 26.2 Å². The van der Waals surface area contributed by atoms with Gasteiger partial charge in [-0.3, -0.25) is 0 Å². The molecule has 1 heterocycles. The number of hydrogen-bond donors (Lipinski definition) is 1. The average molecular weight is 308 g/mol. The summed E-state index contributed by atoms with van der Waals surface area (Å²) in [6.45, 7) is 6.22. The van der Waals surface area contributed by atoms with Gasteiger partial charge in [0.05, 0.1) is 7.05 Å². The number of halogens is 1. The minimum atomic E-state index is 0.238. The Balaban J connectivity index is 2.12. The first kappa shape index (κ1) is 15.9. The molecule has 2 aromatic rings. The lowest BCUT2D eigenvalue weighted by Crippen LogP contribution is -2.27. The SMILES string of the molecule is CC(C)CNCC(Cc1nnn(C)n1)c1ccccc1Cl. The summed E-state index contributed by atoms with van der Waals surface area (Å²) in [5, 5.41) is 16.5. The van der Waals surface area contributed by atoms with Gasteiger partial charge in [0, 0.05) is 23.9 Å². The molecule has 0 saturated carbocycles. The maximum Gasteiger partial charge on any atom is 0.175 e. The van der Waals surface area contributed by atoms with E-state index in [-0.39, 0.29) is 5.92 Å². The molecule has 21 heavy (non-hydrogen) atoms. The number of aromatic nitrogens is 4. The molecule has 0 spiro atoms. The van der Waals surface area contributed by atoms with Gasteiger partial charge in [-0.25, -0.2) is 0 Å². The van der Waals surface area contributed by atoms with E-state index >= 15 is 0 Å². The normalized spacial score (nSPS) is 12.8. The fraction of sp³-hybridized carbons (Fsp3) is 0.533. The van der Waals surface area contributed by atoms with Gasteiger partial charge in [0.25, 0.3) is 0 Å². The third-order valence-corrected chi connectivity index (χ3v) is 3.61. The second-order valence-electron chi connectivity index (χ2n) is 5.67. The summed E-state index contributed by atoms with van der Waals surface area (Å²) in [6, 6.07) is 7.96. The van der Waals surface area contributed by atoms with Gasteiger partial charge in [0.1, 0.15) is 0 Å². The molecule has 0 aliphatic rings. The number of hydrogen-bond acceptors (Lipinski definition) is 4. The van der Waals surface area contributed by atoms with Crippen molar-refractivity contribution >= 4 is 11.6 Å². The predicted octanol–water partition coefficient (Wildman–Crippen LogP) is 2.44. The van der Waals surface area contributed by atoms with Gasteiger partial charge in [-0.1, -0.05) is 43.6 Å². The van der Waals surface area contributed by atoms with Crippen molar-refractivity contribution < 1.29 is 0 Å². The molecule has 6 heteroatoms. The van der Waals surface area contributed by atoms with Crippen LogP contribution < -0.4 is 5.32 Å². The van der Waals surface area contributed by atoms with Crippen molar-refractivity contribution in [3.05, 3.63) is 40.7 Å². The number of tetrazole rings is 1. The second-order valence-corrected chi connectivity index (χ2v) is 6.08. The zero-order valence-corrected chi connectivity index (χ0v) is 13.5. The van der Waals surface area contributed by atoms with E-state index in [1.807, 2.05) is 18.2 Å². The van der Waals surface area contributed by atoms with Crippen molar-refractivity contribution in [1.82, 2.24) is 25.5 Å². The fourth-order valence-electron chi connectivity index (χ4n) is 2.27. The fourth-order valence-corrected chi connectivity index (χ4v) is 2.56. The highest BCUT2D eigenvalue weighted by Gasteiger charge is 2.17. The summed E-state index contributed by atoms with van der Waals surface area (Å²) >= 11 is 6.34. The largest absolute Gasteiger partial charge is 0.316 e. The molecule has 0 bridgehead atoms. The van der Waals surface area contributed by atoms with Crippen LogP contribution in [-0.4, -0.2) is 33.3 Å². The van der Waals surface area contributed by atoms with E-state index in [0.717, 1.165) is 35.9 Å². The molecule has 0 radical (unpaired) electrons. The van der Waals surface area contributed by atoms with Crippen LogP contribution in [0.15, 0.2) is 24.3 Å². The second kappa shape index (κ2) is 7.52. The first-order valence-electron chi connectivity index (χ1n) is 7.24. The molecule has 1 N–H and O–H groups in total. The Morgan fingerprint density at radius 2 is 2.00 bits per heavy atom. The van der Waals surface area contributed by atoms with Crippen LogP contribution in [-0.2, 0) is 13.5 Å². The predicted molar refractivity (Wildman–Crippen MR) is 84.4 cm³/mol. The third kappa shape index (κ3) is 4.79. The van der Waals surface area contributed by atoms with E-state index in [0.29, 0.717) is 5.92 Å². The van der Waals surface area contributed by atoms with E-state index in [1.165, 1.54) is 4.80 Å². The van der Waals surface area contributed by atoms with Crippen LogP contribution in [0.1, 0.15) is 31.2 Å². The first-order chi connectivity index (χ1) is 10.1. The van der Waals surface area contributed by atoms with Crippen molar-refractivity contribution in [3.8, 4) is 0 Å². The van der Waals surface area contributed by atoms with Gasteiger partial charge >= 0.3 is 0 Å². The van der Waals surface area contributed by atoms with Crippen molar-refractivity contribution in [2.75, 3.05) is 13.1 Å². The summed E-state index contributed by atoms with van der Waals surface area (Å²) < 4.78 is 0. The van der Waals surface area contributed by atoms with Crippen molar-refractivity contribution in [1.29, 1.82) is 0 Å². The molecule has 0 saturated heterocycles. The van der Waals surface area contributed by atoms with Gasteiger partial charge in [0.15, 0.2) is 5.82 Å². The van der Waals surface area contributed by atoms with Crippen LogP contribution in [0, 0.1) is 5.92 Å². The van der Waals surface area contributed by atoms with Crippen molar-refractivity contribution in [3.63, 3.8) is 0 Å². The number of nitrogens with one attached hydrogen (secondary N) is 1. The minimum absolute atomic E-state index is 0.238. The molecular weight excluding hydrogens is 286 g/mol. The van der Waals surface area contributed by atoms with Crippen LogP contribution in [0.4, 0.5) is 0 Å². The minimum Gasteiger partial charge on any atom is -0.316 e. The summed E-state index contributed by atoms with van der Waals surface area (Å²) in [6.07, 6.45) is 0.725. The Labute approximate surface area is 130 Å². The molecule has 1 aromatic heterocycles. The molecule has 0 amide bonds. The highest BCUT2D eigenvalue weighted by atomic mass is 35.5. The van der Waals surface area contributed by atoms with Crippen LogP contribution in [0.5, 0.6) is 0 Å². The highest BCUT2D eigenvalue weighted by Crippen LogP contribution is 2.26. The van der Waals surface area contributed by atoms with Crippen LogP contribution >= 0.6 is 11.6 Å². The smallest absolute Gasteiger partial charge is 0.175 e. The number of rotatable bonds is 7. The van der Waals surface area contributed by atoms with Crippen LogP contribution in [0.25, 0.3) is 0 Å². The zero-order chi connectivity index (χ0) is 15.2. The Kier molecular flexibility index (Phi) is 5.70. The summed E-state index contributed by atoms with van der Waals surface area (Å²) in [7, 11) is 1.78. The molecule has 0 aliphatic heterocycles. The quantitative estimate of drug-likeness (QED) is 0.853. The zero-order valence-electron chi connectivity index (χ0n) is 12.8. The monoisotopic (exact) mass is 307 g/mol. The maximum absolute atomic E-state index is 6.34. The molecule has 5 nitrogen and oxygen atoms in total. The van der Waals surface area contributed by atoms with E-state index in [9.17, 15) is 0 Å². The maximum atomic E-state index is 6.34. The number of aryl methyl sites for hydroxylation is 1. The number of benzene rings is 1. The molecule has 0 fully saturated rings. The summed E-state index contributed by atoms with van der Waals surface area (Å²) in [5.74, 6) is 1.60. The lowest BCUT2D eigenvalue weighted by atomic mass is 9.95. The molecule has 2 rings (SSSR count). The van der Waals surface area contributed by atoms with Gasteiger partial charge in [0.2, 0.25) is 0 Å². The molecule has 114 valence electrons. The molecule has 1 aromatic carbocycles. The van der Waals surface area contributed by atoms with Gasteiger partial charge in [-0.05, 0) is 29.3 Å². The lowest BCUT2D eigenvalue weighted by Gasteiger charge is -2.18. The Morgan fingerprint density at radius 1 is 1.24 bits per heavy atom. The summed E-state index contributed by atoms with van der Waals surface area (Å²) in [4.78, 5) is 1.49. The summed E-state index contributed by atoms with van der Waals surface area (Å²) in [5.41, 5.74) is 1.13. The molecular formula is C15H22ClN5. The van der Waals surface area contributed by atoms with Crippen LogP contribution in [0.3, 0.4) is 0 Å². The topological polar surface area (TPSA) is 55.6 Å². The Hall–Kier alpha value is -1.46. The van der Waals surface area contributed by atoms with Gasteiger partial charge < -0.3 is 5.32 Å². The van der Waals surface area contributed by atoms with Gasteiger partial charge in [-0.2, -0.15) is 4.80 Å². The third-order valence-electron chi connectivity index (χ3n) is 3.27. The number of nitrogens with zero attached hydrogens (tertiary/aromatic N) is 4. The van der Waals surface area contributed by atoms with E-state index in [4.69, 9.17) is 11.6 Å². The van der Waals surface area contributed by atoms with E-state index < -0.39 is 0 Å². The van der Waals surface area contributed by atoms with Crippen LogP contribution in [0.2, 0.25) is 5.02 Å². The molecule has 0 aliphatic carbocycles. The average Bonchev–Trinajstić information content (AvgIpc) is 2.83. The first-order valence-corrected chi connectivity index (χ1v) is 7.62.